The van der Waals surface area contributed by atoms with Gasteiger partial charge in [-0.3, -0.25) is 0 Å². The predicted molar refractivity (Wildman–Crippen MR) is 66.8 cm³/mol. The molecule has 0 aromatic carbocycles. The maximum absolute atomic E-state index is 5.90. The third-order valence-electron chi connectivity index (χ3n) is 2.14. The molecule has 3 nitrogen and oxygen atoms in total. The molecule has 0 aliphatic heterocycles. The third-order valence-corrected chi connectivity index (χ3v) is 2.14. The van der Waals surface area contributed by atoms with Crippen molar-refractivity contribution in [3.05, 3.63) is 35.7 Å². The minimum absolute atomic E-state index is 0.0996. The van der Waals surface area contributed by atoms with Crippen LogP contribution in [0.25, 0.3) is 0 Å². The molecule has 3 N–H and O–H groups in total. The molecule has 0 atom stereocenters. The minimum atomic E-state index is 0.0996. The lowest BCUT2D eigenvalue weighted by Crippen LogP contribution is -2.14. The van der Waals surface area contributed by atoms with E-state index in [9.17, 15) is 0 Å². The summed E-state index contributed by atoms with van der Waals surface area (Å²) in [5.41, 5.74) is 7.90. The van der Waals surface area contributed by atoms with E-state index in [0.717, 1.165) is 11.4 Å². The van der Waals surface area contributed by atoms with Crippen molar-refractivity contribution in [3.63, 3.8) is 0 Å². The Bertz CT molecular complexity index is 296. The van der Waals surface area contributed by atoms with Gasteiger partial charge in [0.15, 0.2) is 0 Å². The van der Waals surface area contributed by atoms with E-state index in [-0.39, 0.29) is 5.41 Å². The molecule has 0 aromatic heterocycles. The zero-order valence-electron chi connectivity index (χ0n) is 10.0. The lowest BCUT2D eigenvalue weighted by molar-refractivity contribution is 0.523. The molecule has 0 unspecified atom stereocenters. The minimum Gasteiger partial charge on any atom is -0.397 e. The van der Waals surface area contributed by atoms with Gasteiger partial charge in [0, 0.05) is 19.5 Å². The molecule has 0 amide bonds. The van der Waals surface area contributed by atoms with Gasteiger partial charge in [0.1, 0.15) is 0 Å². The highest BCUT2D eigenvalue weighted by Crippen LogP contribution is 2.24. The number of rotatable bonds is 1. The van der Waals surface area contributed by atoms with Gasteiger partial charge in [-0.15, -0.1) is 0 Å². The van der Waals surface area contributed by atoms with Crippen LogP contribution in [0.15, 0.2) is 35.7 Å². The van der Waals surface area contributed by atoms with Crippen molar-refractivity contribution in [3.8, 4) is 0 Å². The summed E-state index contributed by atoms with van der Waals surface area (Å²) >= 11 is 0. The summed E-state index contributed by atoms with van der Waals surface area (Å²) in [4.78, 5) is 2.03. The Kier molecular flexibility index (Phi) is 4.85. The zero-order valence-corrected chi connectivity index (χ0v) is 10.0. The third kappa shape index (κ3) is 4.02. The van der Waals surface area contributed by atoms with E-state index in [1.165, 1.54) is 0 Å². The lowest BCUT2D eigenvalue weighted by Gasteiger charge is -2.15. The Morgan fingerprint density at radius 2 is 1.67 bits per heavy atom. The highest BCUT2D eigenvalue weighted by atomic mass is 15.1. The van der Waals surface area contributed by atoms with Crippen LogP contribution in [0.2, 0.25) is 0 Å². The monoisotopic (exact) mass is 207 g/mol. The van der Waals surface area contributed by atoms with E-state index in [1.54, 1.807) is 0 Å². The van der Waals surface area contributed by atoms with Gasteiger partial charge in [-0.05, 0) is 18.9 Å². The van der Waals surface area contributed by atoms with Crippen LogP contribution in [0.3, 0.4) is 0 Å². The number of hydrogen-bond donors (Lipinski definition) is 2. The fourth-order valence-electron chi connectivity index (χ4n) is 1.24. The second-order valence-corrected chi connectivity index (χ2v) is 4.22. The molecular weight excluding hydrogens is 186 g/mol. The number of nitrogens with two attached hydrogens (primary N) is 1. The summed E-state index contributed by atoms with van der Waals surface area (Å²) in [6.45, 7) is 6.82. The second kappa shape index (κ2) is 5.39. The van der Waals surface area contributed by atoms with Crippen molar-refractivity contribution >= 4 is 6.72 Å². The van der Waals surface area contributed by atoms with Gasteiger partial charge in [0.25, 0.3) is 0 Å². The molecular formula is C12H21N3. The van der Waals surface area contributed by atoms with Gasteiger partial charge >= 0.3 is 0 Å². The Morgan fingerprint density at radius 1 is 1.20 bits per heavy atom. The van der Waals surface area contributed by atoms with Crippen LogP contribution < -0.4 is 5.73 Å². The van der Waals surface area contributed by atoms with Crippen LogP contribution >= 0.6 is 0 Å². The Balaban J connectivity index is 0.000000921. The van der Waals surface area contributed by atoms with E-state index >= 15 is 0 Å². The Hall–Kier alpha value is -1.51. The number of nitrogens with one attached hydrogen (secondary N) is 1. The molecule has 1 rings (SSSR count). The largest absolute Gasteiger partial charge is 0.397 e. The van der Waals surface area contributed by atoms with Crippen LogP contribution in [-0.4, -0.2) is 25.7 Å². The standard InChI is InChI=1S/C11H18N2.CH3N/c1-11(2)7-5-9(12)10(6-8-11)13(3)4;1-2/h5-8H,12H2,1-4H3;2H,1H2. The van der Waals surface area contributed by atoms with Gasteiger partial charge in [0.2, 0.25) is 0 Å². The summed E-state index contributed by atoms with van der Waals surface area (Å²) in [6.07, 6.45) is 8.35. The number of hydrogen-bond acceptors (Lipinski definition) is 3. The normalized spacial score (nSPS) is 17.9. The lowest BCUT2D eigenvalue weighted by atomic mass is 9.93. The highest BCUT2D eigenvalue weighted by molar-refractivity contribution is 5.35. The summed E-state index contributed by atoms with van der Waals surface area (Å²) in [5.74, 6) is 0. The first-order valence-corrected chi connectivity index (χ1v) is 4.83. The first kappa shape index (κ1) is 13.5. The molecule has 0 aromatic rings. The molecule has 0 saturated carbocycles. The summed E-state index contributed by atoms with van der Waals surface area (Å²) in [6, 6.07) is 0. The van der Waals surface area contributed by atoms with Crippen molar-refractivity contribution in [1.82, 2.24) is 4.90 Å². The van der Waals surface area contributed by atoms with Crippen LogP contribution in [0.4, 0.5) is 0 Å². The van der Waals surface area contributed by atoms with Gasteiger partial charge < -0.3 is 16.0 Å². The van der Waals surface area contributed by atoms with Crippen LogP contribution in [0.5, 0.6) is 0 Å². The average molecular weight is 207 g/mol. The number of likely N-dealkylation sites (N-methyl/N-ethyl adjacent to an activating group) is 1. The predicted octanol–water partition coefficient (Wildman–Crippen LogP) is 2.14. The topological polar surface area (TPSA) is 53.1 Å². The van der Waals surface area contributed by atoms with E-state index < -0.39 is 0 Å². The van der Waals surface area contributed by atoms with E-state index in [4.69, 9.17) is 11.1 Å². The molecule has 0 radical (unpaired) electrons. The molecule has 1 aliphatic carbocycles. The first-order valence-electron chi connectivity index (χ1n) is 4.83. The summed E-state index contributed by atoms with van der Waals surface area (Å²) in [7, 11) is 4.00. The molecule has 84 valence electrons. The van der Waals surface area contributed by atoms with Crippen LogP contribution in [-0.2, 0) is 0 Å². The fraction of sp³-hybridized carbons (Fsp3) is 0.417. The van der Waals surface area contributed by atoms with Gasteiger partial charge in [-0.2, -0.15) is 0 Å². The van der Waals surface area contributed by atoms with Crippen molar-refractivity contribution in [1.29, 1.82) is 5.41 Å². The van der Waals surface area contributed by atoms with E-state index in [2.05, 4.69) is 38.8 Å². The Morgan fingerprint density at radius 3 is 2.13 bits per heavy atom. The smallest absolute Gasteiger partial charge is 0.0591 e. The fourth-order valence-corrected chi connectivity index (χ4v) is 1.24. The molecule has 0 spiro atoms. The van der Waals surface area contributed by atoms with Crippen molar-refractivity contribution in [2.45, 2.75) is 13.8 Å². The van der Waals surface area contributed by atoms with Gasteiger partial charge in [-0.25, -0.2) is 0 Å². The molecule has 0 heterocycles. The molecule has 3 heteroatoms. The van der Waals surface area contributed by atoms with Crippen LogP contribution in [0, 0.1) is 10.8 Å². The summed E-state index contributed by atoms with van der Waals surface area (Å²) in [5, 5.41) is 5.50. The molecule has 15 heavy (non-hydrogen) atoms. The zero-order chi connectivity index (χ0) is 12.1. The Labute approximate surface area is 92.5 Å². The van der Waals surface area contributed by atoms with E-state index in [0.29, 0.717) is 0 Å². The number of allylic oxidation sites excluding steroid dienone is 4. The second-order valence-electron chi connectivity index (χ2n) is 4.22. The summed E-state index contributed by atoms with van der Waals surface area (Å²) < 4.78 is 0. The average Bonchev–Trinajstić information content (AvgIpc) is 2.30. The highest BCUT2D eigenvalue weighted by Gasteiger charge is 2.13. The van der Waals surface area contributed by atoms with Crippen LogP contribution in [0.1, 0.15) is 13.8 Å². The van der Waals surface area contributed by atoms with Gasteiger partial charge in [0.05, 0.1) is 11.4 Å². The van der Waals surface area contributed by atoms with E-state index in [1.807, 2.05) is 25.1 Å². The van der Waals surface area contributed by atoms with Crippen molar-refractivity contribution in [2.75, 3.05) is 14.1 Å². The molecule has 1 aliphatic rings. The van der Waals surface area contributed by atoms with Crippen molar-refractivity contribution < 1.29 is 0 Å². The maximum Gasteiger partial charge on any atom is 0.0591 e. The van der Waals surface area contributed by atoms with Gasteiger partial charge in [-0.1, -0.05) is 26.0 Å². The SMILES string of the molecule is C=N.CN(C)C1=C(N)C=CC(C)(C)C=C1. The maximum atomic E-state index is 5.90. The first-order chi connectivity index (χ1) is 6.92. The number of nitrogens with zero attached hydrogens (tertiary/aromatic N) is 1. The quantitative estimate of drug-likeness (QED) is 0.647. The van der Waals surface area contributed by atoms with Crippen molar-refractivity contribution in [2.24, 2.45) is 11.1 Å². The molecule has 0 saturated heterocycles. The molecule has 0 bridgehead atoms. The molecule has 0 fully saturated rings.